The minimum absolute atomic E-state index is 0.00326. The molecular formula is C22H26N4O2. The molecule has 0 amide bonds. The Balaban J connectivity index is 1.62. The van der Waals surface area contributed by atoms with Gasteiger partial charge < -0.3 is 20.2 Å². The molecular weight excluding hydrogens is 352 g/mol. The molecule has 1 aromatic heterocycles. The monoisotopic (exact) mass is 378 g/mol. The molecule has 1 heterocycles. The van der Waals surface area contributed by atoms with Crippen LogP contribution in [0.25, 0.3) is 11.3 Å². The van der Waals surface area contributed by atoms with Crippen molar-refractivity contribution in [2.24, 2.45) is 4.99 Å². The molecule has 1 unspecified atom stereocenters. The molecule has 146 valence electrons. The van der Waals surface area contributed by atoms with Crippen molar-refractivity contribution >= 4 is 5.96 Å². The molecule has 0 bridgehead atoms. The highest BCUT2D eigenvalue weighted by molar-refractivity contribution is 5.79. The van der Waals surface area contributed by atoms with E-state index in [-0.39, 0.29) is 12.5 Å². The third-order valence-corrected chi connectivity index (χ3v) is 4.34. The van der Waals surface area contributed by atoms with E-state index in [1.165, 1.54) is 0 Å². The van der Waals surface area contributed by atoms with Gasteiger partial charge in [0.25, 0.3) is 0 Å². The maximum atomic E-state index is 9.72. The van der Waals surface area contributed by atoms with Gasteiger partial charge in [0.2, 0.25) is 5.89 Å². The summed E-state index contributed by atoms with van der Waals surface area (Å²) in [5.74, 6) is 1.94. The summed E-state index contributed by atoms with van der Waals surface area (Å²) in [6.07, 6.45) is 1.72. The minimum Gasteiger partial charge on any atom is -0.439 e. The second-order valence-corrected chi connectivity index (χ2v) is 6.35. The number of aromatic nitrogens is 1. The lowest BCUT2D eigenvalue weighted by atomic mass is 10.0. The summed E-state index contributed by atoms with van der Waals surface area (Å²) in [7, 11) is 0. The Hall–Kier alpha value is -3.12. The van der Waals surface area contributed by atoms with Gasteiger partial charge in [-0.05, 0) is 12.5 Å². The Morgan fingerprint density at radius 1 is 1.07 bits per heavy atom. The van der Waals surface area contributed by atoms with Crippen LogP contribution in [0.5, 0.6) is 0 Å². The van der Waals surface area contributed by atoms with Gasteiger partial charge >= 0.3 is 0 Å². The van der Waals surface area contributed by atoms with E-state index in [0.717, 1.165) is 23.4 Å². The SMILES string of the molecule is CCNC(=NCc1ncc(-c2ccccc2)o1)NCC(CO)c1ccccc1. The molecule has 0 aliphatic rings. The molecule has 6 nitrogen and oxygen atoms in total. The first-order valence-corrected chi connectivity index (χ1v) is 9.48. The van der Waals surface area contributed by atoms with Gasteiger partial charge in [0, 0.05) is 24.6 Å². The summed E-state index contributed by atoms with van der Waals surface area (Å²) < 4.78 is 5.80. The molecule has 28 heavy (non-hydrogen) atoms. The number of guanidine groups is 1. The largest absolute Gasteiger partial charge is 0.439 e. The van der Waals surface area contributed by atoms with Crippen LogP contribution >= 0.6 is 0 Å². The van der Waals surface area contributed by atoms with Crippen LogP contribution in [0.2, 0.25) is 0 Å². The summed E-state index contributed by atoms with van der Waals surface area (Å²) in [4.78, 5) is 8.86. The van der Waals surface area contributed by atoms with Crippen LogP contribution in [-0.4, -0.2) is 35.7 Å². The number of hydrogen-bond acceptors (Lipinski definition) is 4. The second-order valence-electron chi connectivity index (χ2n) is 6.35. The number of benzene rings is 2. The fourth-order valence-corrected chi connectivity index (χ4v) is 2.84. The van der Waals surface area contributed by atoms with Gasteiger partial charge in [-0.2, -0.15) is 0 Å². The lowest BCUT2D eigenvalue weighted by Crippen LogP contribution is -2.39. The van der Waals surface area contributed by atoms with Crippen molar-refractivity contribution < 1.29 is 9.52 Å². The van der Waals surface area contributed by atoms with Crippen LogP contribution in [0.4, 0.5) is 0 Å². The molecule has 2 aromatic carbocycles. The van der Waals surface area contributed by atoms with Gasteiger partial charge in [0.1, 0.15) is 6.54 Å². The number of aliphatic imine (C=N–C) groups is 1. The zero-order valence-corrected chi connectivity index (χ0v) is 16.0. The number of rotatable bonds is 8. The summed E-state index contributed by atoms with van der Waals surface area (Å²) in [6, 6.07) is 19.8. The summed E-state index contributed by atoms with van der Waals surface area (Å²) in [5, 5.41) is 16.2. The van der Waals surface area contributed by atoms with Gasteiger partial charge in [0.15, 0.2) is 11.7 Å². The van der Waals surface area contributed by atoms with Crippen molar-refractivity contribution in [3.8, 4) is 11.3 Å². The Bertz CT molecular complexity index is 863. The molecule has 0 radical (unpaired) electrons. The average molecular weight is 378 g/mol. The van der Waals surface area contributed by atoms with Crippen LogP contribution in [0, 0.1) is 0 Å². The molecule has 3 rings (SSSR count). The van der Waals surface area contributed by atoms with Crippen LogP contribution < -0.4 is 10.6 Å². The number of aliphatic hydroxyl groups is 1. The first-order valence-electron chi connectivity index (χ1n) is 9.48. The number of hydrogen-bond donors (Lipinski definition) is 3. The van der Waals surface area contributed by atoms with Crippen molar-refractivity contribution in [1.82, 2.24) is 15.6 Å². The van der Waals surface area contributed by atoms with E-state index in [1.54, 1.807) is 6.20 Å². The van der Waals surface area contributed by atoms with Crippen molar-refractivity contribution in [2.45, 2.75) is 19.4 Å². The third kappa shape index (κ3) is 5.44. The lowest BCUT2D eigenvalue weighted by molar-refractivity contribution is 0.265. The first-order chi connectivity index (χ1) is 13.8. The van der Waals surface area contributed by atoms with Gasteiger partial charge in [-0.1, -0.05) is 60.7 Å². The predicted octanol–water partition coefficient (Wildman–Crippen LogP) is 3.17. The summed E-state index contributed by atoms with van der Waals surface area (Å²) >= 11 is 0. The van der Waals surface area contributed by atoms with Crippen molar-refractivity contribution in [2.75, 3.05) is 19.7 Å². The van der Waals surface area contributed by atoms with Crippen molar-refractivity contribution in [1.29, 1.82) is 0 Å². The van der Waals surface area contributed by atoms with E-state index in [2.05, 4.69) is 20.6 Å². The quantitative estimate of drug-likeness (QED) is 0.414. The highest BCUT2D eigenvalue weighted by Crippen LogP contribution is 2.20. The summed E-state index contributed by atoms with van der Waals surface area (Å²) in [6.45, 7) is 3.72. The maximum Gasteiger partial charge on any atom is 0.216 e. The van der Waals surface area contributed by atoms with E-state index in [1.807, 2.05) is 67.6 Å². The number of oxazole rings is 1. The van der Waals surface area contributed by atoms with Gasteiger partial charge in [-0.15, -0.1) is 0 Å². The number of nitrogens with one attached hydrogen (secondary N) is 2. The fraction of sp³-hybridized carbons (Fsp3) is 0.273. The fourth-order valence-electron chi connectivity index (χ4n) is 2.84. The normalized spacial score (nSPS) is 12.6. The van der Waals surface area contributed by atoms with E-state index >= 15 is 0 Å². The van der Waals surface area contributed by atoms with Gasteiger partial charge in [0.05, 0.1) is 12.8 Å². The molecule has 1 atom stereocenters. The molecule has 0 saturated carbocycles. The zero-order chi connectivity index (χ0) is 19.6. The van der Waals surface area contributed by atoms with E-state index in [4.69, 9.17) is 4.42 Å². The average Bonchev–Trinajstić information content (AvgIpc) is 3.23. The molecule has 0 spiro atoms. The Kier molecular flexibility index (Phi) is 7.21. The zero-order valence-electron chi connectivity index (χ0n) is 16.0. The van der Waals surface area contributed by atoms with Crippen molar-refractivity contribution in [3.63, 3.8) is 0 Å². The van der Waals surface area contributed by atoms with Gasteiger partial charge in [-0.3, -0.25) is 0 Å². The predicted molar refractivity (Wildman–Crippen MR) is 111 cm³/mol. The lowest BCUT2D eigenvalue weighted by Gasteiger charge is -2.17. The van der Waals surface area contributed by atoms with Crippen LogP contribution in [0.15, 0.2) is 76.3 Å². The van der Waals surface area contributed by atoms with Crippen LogP contribution in [0.1, 0.15) is 24.3 Å². The molecule has 3 N–H and O–H groups in total. The molecule has 0 aliphatic carbocycles. The minimum atomic E-state index is -0.00326. The Morgan fingerprint density at radius 3 is 2.46 bits per heavy atom. The van der Waals surface area contributed by atoms with Gasteiger partial charge in [-0.25, -0.2) is 9.98 Å². The Labute approximate surface area is 165 Å². The summed E-state index contributed by atoms with van der Waals surface area (Å²) in [5.41, 5.74) is 2.08. The molecule has 6 heteroatoms. The third-order valence-electron chi connectivity index (χ3n) is 4.34. The molecule has 0 fully saturated rings. The molecule has 3 aromatic rings. The van der Waals surface area contributed by atoms with Crippen molar-refractivity contribution in [3.05, 3.63) is 78.3 Å². The molecule has 0 aliphatic heterocycles. The highest BCUT2D eigenvalue weighted by atomic mass is 16.4. The number of aliphatic hydroxyl groups excluding tert-OH is 1. The first kappa shape index (κ1) is 19.6. The maximum absolute atomic E-state index is 9.72. The highest BCUT2D eigenvalue weighted by Gasteiger charge is 2.11. The second kappa shape index (κ2) is 10.3. The van der Waals surface area contributed by atoms with Crippen LogP contribution in [-0.2, 0) is 6.54 Å². The standard InChI is InChI=1S/C22H26N4O2/c1-2-23-22(25-13-19(16-27)17-9-5-3-6-10-17)26-15-21-24-14-20(28-21)18-11-7-4-8-12-18/h3-12,14,19,27H,2,13,15-16H2,1H3,(H2,23,25,26). The van der Waals surface area contributed by atoms with Crippen LogP contribution in [0.3, 0.4) is 0 Å². The smallest absolute Gasteiger partial charge is 0.216 e. The Morgan fingerprint density at radius 2 is 1.79 bits per heavy atom. The van der Waals surface area contributed by atoms with E-state index in [9.17, 15) is 5.11 Å². The topological polar surface area (TPSA) is 82.7 Å². The van der Waals surface area contributed by atoms with E-state index in [0.29, 0.717) is 24.9 Å². The molecule has 0 saturated heterocycles. The number of nitrogens with zero attached hydrogens (tertiary/aromatic N) is 2. The van der Waals surface area contributed by atoms with E-state index < -0.39 is 0 Å².